The predicted molar refractivity (Wildman–Crippen MR) is 127 cm³/mol. The van der Waals surface area contributed by atoms with Crippen molar-refractivity contribution in [1.82, 2.24) is 14.8 Å². The number of likely N-dealkylation sites (N-methyl/N-ethyl adjacent to an activating group) is 1. The van der Waals surface area contributed by atoms with E-state index in [1.807, 2.05) is 26.0 Å². The van der Waals surface area contributed by atoms with Gasteiger partial charge >= 0.3 is 5.97 Å². The molecule has 2 heterocycles. The Morgan fingerprint density at radius 3 is 2.31 bits per heavy atom. The van der Waals surface area contributed by atoms with E-state index in [0.717, 1.165) is 61.8 Å². The number of anilines is 1. The van der Waals surface area contributed by atoms with Crippen LogP contribution in [0.3, 0.4) is 0 Å². The van der Waals surface area contributed by atoms with Crippen LogP contribution in [-0.2, 0) is 22.5 Å². The fourth-order valence-electron chi connectivity index (χ4n) is 4.25. The summed E-state index contributed by atoms with van der Waals surface area (Å²) in [6.07, 6.45) is 0.923. The van der Waals surface area contributed by atoms with Crippen LogP contribution in [0.25, 0.3) is 0 Å². The largest absolute Gasteiger partial charge is 0.461 e. The number of hydrogen-bond donors (Lipinski definition) is 2. The van der Waals surface area contributed by atoms with Gasteiger partial charge < -0.3 is 19.9 Å². The number of rotatable bonds is 9. The van der Waals surface area contributed by atoms with Gasteiger partial charge in [-0.1, -0.05) is 19.1 Å². The summed E-state index contributed by atoms with van der Waals surface area (Å²) in [5, 5.41) is 2.98. The zero-order valence-corrected chi connectivity index (χ0v) is 19.8. The lowest BCUT2D eigenvalue weighted by atomic mass is 10.0. The summed E-state index contributed by atoms with van der Waals surface area (Å²) in [4.78, 5) is 32.6. The molecule has 1 fully saturated rings. The summed E-state index contributed by atoms with van der Waals surface area (Å²) in [6.45, 7) is 14.7. The molecule has 0 radical (unpaired) electrons. The second kappa shape index (κ2) is 11.3. The van der Waals surface area contributed by atoms with Crippen molar-refractivity contribution in [3.63, 3.8) is 0 Å². The first-order valence-corrected chi connectivity index (χ1v) is 11.6. The third-order valence-electron chi connectivity index (χ3n) is 6.23. The number of amides is 1. The maximum Gasteiger partial charge on any atom is 0.355 e. The Morgan fingerprint density at radius 2 is 1.69 bits per heavy atom. The molecule has 0 spiro atoms. The van der Waals surface area contributed by atoms with Crippen LogP contribution in [0.15, 0.2) is 24.3 Å². The highest BCUT2D eigenvalue weighted by atomic mass is 16.5. The van der Waals surface area contributed by atoms with Crippen molar-refractivity contribution in [2.24, 2.45) is 0 Å². The molecule has 0 unspecified atom stereocenters. The monoisotopic (exact) mass is 440 g/mol. The maximum absolute atomic E-state index is 12.5. The molecule has 1 saturated heterocycles. The summed E-state index contributed by atoms with van der Waals surface area (Å²) in [5.74, 6) is -0.387. The van der Waals surface area contributed by atoms with E-state index < -0.39 is 0 Å². The third-order valence-corrected chi connectivity index (χ3v) is 6.23. The Labute approximate surface area is 191 Å². The summed E-state index contributed by atoms with van der Waals surface area (Å²) >= 11 is 0. The molecule has 2 aromatic rings. The van der Waals surface area contributed by atoms with Gasteiger partial charge in [-0.25, -0.2) is 4.79 Å². The van der Waals surface area contributed by atoms with Gasteiger partial charge in [-0.3, -0.25) is 9.69 Å². The number of aromatic nitrogens is 1. The molecule has 1 aromatic heterocycles. The number of piperazine rings is 1. The highest BCUT2D eigenvalue weighted by Gasteiger charge is 2.19. The number of aryl methyl sites for hydroxylation is 1. The highest BCUT2D eigenvalue weighted by Crippen LogP contribution is 2.21. The van der Waals surface area contributed by atoms with E-state index in [2.05, 4.69) is 39.2 Å². The Morgan fingerprint density at radius 1 is 1.03 bits per heavy atom. The van der Waals surface area contributed by atoms with E-state index in [0.29, 0.717) is 25.1 Å². The molecule has 7 nitrogen and oxygen atoms in total. The quantitative estimate of drug-likeness (QED) is 0.584. The van der Waals surface area contributed by atoms with E-state index in [4.69, 9.17) is 4.74 Å². The second-order valence-electron chi connectivity index (χ2n) is 8.40. The number of H-pyrrole nitrogens is 1. The second-order valence-corrected chi connectivity index (χ2v) is 8.40. The van der Waals surface area contributed by atoms with Gasteiger partial charge in [0.25, 0.3) is 0 Å². The maximum atomic E-state index is 12.5. The molecular formula is C25H36N4O3. The third kappa shape index (κ3) is 6.20. The van der Waals surface area contributed by atoms with Crippen LogP contribution in [0.2, 0.25) is 0 Å². The lowest BCUT2D eigenvalue weighted by Gasteiger charge is -2.34. The van der Waals surface area contributed by atoms with Crippen LogP contribution in [0.1, 0.15) is 53.1 Å². The predicted octanol–water partition coefficient (Wildman–Crippen LogP) is 3.52. The molecule has 1 amide bonds. The molecule has 7 heteroatoms. The van der Waals surface area contributed by atoms with Crippen molar-refractivity contribution < 1.29 is 14.3 Å². The molecule has 0 aliphatic carbocycles. The Hall–Kier alpha value is -2.64. The van der Waals surface area contributed by atoms with E-state index in [1.165, 1.54) is 5.56 Å². The van der Waals surface area contributed by atoms with Crippen LogP contribution < -0.4 is 5.32 Å². The first-order chi connectivity index (χ1) is 15.4. The molecule has 1 aromatic carbocycles. The SMILES string of the molecule is CCOC(=O)c1[nH]c(C)c(CCC(=O)Nc2ccc(CN3CCN(CC)CC3)cc2)c1C. The number of carbonyl (C=O) groups is 2. The zero-order valence-electron chi connectivity index (χ0n) is 19.8. The van der Waals surface area contributed by atoms with Gasteiger partial charge in [0.15, 0.2) is 0 Å². The van der Waals surface area contributed by atoms with Crippen LogP contribution in [0.5, 0.6) is 0 Å². The molecule has 174 valence electrons. The van der Waals surface area contributed by atoms with Crippen molar-refractivity contribution in [2.75, 3.05) is 44.6 Å². The molecule has 0 bridgehead atoms. The number of benzene rings is 1. The van der Waals surface area contributed by atoms with Gasteiger partial charge in [0, 0.05) is 50.5 Å². The highest BCUT2D eigenvalue weighted by molar-refractivity contribution is 5.91. The lowest BCUT2D eigenvalue weighted by molar-refractivity contribution is -0.116. The molecule has 1 aliphatic heterocycles. The van der Waals surface area contributed by atoms with Gasteiger partial charge in [0.2, 0.25) is 5.91 Å². The summed E-state index contributed by atoms with van der Waals surface area (Å²) < 4.78 is 5.09. The number of carbonyl (C=O) groups excluding carboxylic acids is 2. The molecule has 2 N–H and O–H groups in total. The van der Waals surface area contributed by atoms with E-state index in [-0.39, 0.29) is 11.9 Å². The van der Waals surface area contributed by atoms with Crippen LogP contribution in [0.4, 0.5) is 5.69 Å². The minimum Gasteiger partial charge on any atom is -0.461 e. The smallest absolute Gasteiger partial charge is 0.355 e. The normalized spacial score (nSPS) is 15.0. The van der Waals surface area contributed by atoms with E-state index in [1.54, 1.807) is 6.92 Å². The van der Waals surface area contributed by atoms with E-state index >= 15 is 0 Å². The van der Waals surface area contributed by atoms with Crippen molar-refractivity contribution in [3.05, 3.63) is 52.3 Å². The number of ether oxygens (including phenoxy) is 1. The van der Waals surface area contributed by atoms with Crippen LogP contribution >= 0.6 is 0 Å². The average molecular weight is 441 g/mol. The van der Waals surface area contributed by atoms with Gasteiger partial charge in [-0.05, 0) is 62.6 Å². The zero-order chi connectivity index (χ0) is 23.1. The average Bonchev–Trinajstić information content (AvgIpc) is 3.08. The standard InChI is InChI=1S/C25H36N4O3/c1-5-28-13-15-29(16-14-28)17-20-7-9-21(10-8-20)27-23(30)12-11-22-18(3)24(26-19(22)4)25(31)32-6-2/h7-10,26H,5-6,11-17H2,1-4H3,(H,27,30). The number of hydrogen-bond acceptors (Lipinski definition) is 5. The molecular weight excluding hydrogens is 404 g/mol. The molecule has 1 aliphatic rings. The van der Waals surface area contributed by atoms with Gasteiger partial charge in [0.1, 0.15) is 5.69 Å². The number of esters is 1. The number of nitrogens with zero attached hydrogens (tertiary/aromatic N) is 2. The first-order valence-electron chi connectivity index (χ1n) is 11.6. The molecule has 32 heavy (non-hydrogen) atoms. The Bertz CT molecular complexity index is 912. The fraction of sp³-hybridized carbons (Fsp3) is 0.520. The lowest BCUT2D eigenvalue weighted by Crippen LogP contribution is -2.45. The van der Waals surface area contributed by atoms with Crippen LogP contribution in [-0.4, -0.2) is 66.0 Å². The Kier molecular flexibility index (Phi) is 8.47. The molecule has 0 saturated carbocycles. The van der Waals surface area contributed by atoms with Crippen LogP contribution in [0, 0.1) is 13.8 Å². The van der Waals surface area contributed by atoms with Gasteiger partial charge in [0.05, 0.1) is 6.61 Å². The first kappa shape index (κ1) is 24.0. The molecule has 3 rings (SSSR count). The van der Waals surface area contributed by atoms with E-state index in [9.17, 15) is 9.59 Å². The minimum absolute atomic E-state index is 0.0360. The number of nitrogens with one attached hydrogen (secondary N) is 2. The minimum atomic E-state index is -0.351. The fourth-order valence-corrected chi connectivity index (χ4v) is 4.25. The molecule has 0 atom stereocenters. The topological polar surface area (TPSA) is 77.7 Å². The summed E-state index contributed by atoms with van der Waals surface area (Å²) in [6, 6.07) is 8.13. The summed E-state index contributed by atoms with van der Waals surface area (Å²) in [7, 11) is 0. The number of aromatic amines is 1. The van der Waals surface area contributed by atoms with Crippen molar-refractivity contribution in [3.8, 4) is 0 Å². The van der Waals surface area contributed by atoms with Crippen molar-refractivity contribution in [2.45, 2.75) is 47.1 Å². The van der Waals surface area contributed by atoms with Gasteiger partial charge in [-0.2, -0.15) is 0 Å². The van der Waals surface area contributed by atoms with Crippen molar-refractivity contribution in [1.29, 1.82) is 0 Å². The van der Waals surface area contributed by atoms with Gasteiger partial charge in [-0.15, -0.1) is 0 Å². The van der Waals surface area contributed by atoms with Crippen molar-refractivity contribution >= 4 is 17.6 Å². The summed E-state index contributed by atoms with van der Waals surface area (Å²) in [5.41, 5.74) is 5.32. The Balaban J connectivity index is 1.49.